The normalized spacial score (nSPS) is 13.4. The quantitative estimate of drug-likeness (QED) is 0.688. The number of esters is 1. The number of carbonyl (C=O) groups is 1. The van der Waals surface area contributed by atoms with Gasteiger partial charge in [-0.3, -0.25) is 4.79 Å². The van der Waals surface area contributed by atoms with Crippen LogP contribution in [0.3, 0.4) is 0 Å². The van der Waals surface area contributed by atoms with E-state index in [0.29, 0.717) is 6.42 Å². The van der Waals surface area contributed by atoms with Crippen LogP contribution in [0.25, 0.3) is 6.08 Å². The Labute approximate surface area is 89.6 Å². The first kappa shape index (κ1) is 9.97. The molecular weight excluding hydrogens is 188 g/mol. The molecule has 0 unspecified atom stereocenters. The van der Waals surface area contributed by atoms with Gasteiger partial charge in [-0.2, -0.15) is 0 Å². The van der Waals surface area contributed by atoms with Crippen LogP contribution in [0.5, 0.6) is 0 Å². The third-order valence-electron chi connectivity index (χ3n) is 2.71. The van der Waals surface area contributed by atoms with Gasteiger partial charge in [-0.15, -0.1) is 0 Å². The van der Waals surface area contributed by atoms with E-state index < -0.39 is 0 Å². The Morgan fingerprint density at radius 2 is 2.33 bits per heavy atom. The average Bonchev–Trinajstić information content (AvgIpc) is 2.29. The lowest BCUT2D eigenvalue weighted by molar-refractivity contribution is -0.139. The molecule has 2 nitrogen and oxygen atoms in total. The van der Waals surface area contributed by atoms with Crippen molar-refractivity contribution >= 4 is 12.0 Å². The van der Waals surface area contributed by atoms with Gasteiger partial charge in [0.2, 0.25) is 0 Å². The van der Waals surface area contributed by atoms with Gasteiger partial charge in [0.05, 0.1) is 13.5 Å². The van der Waals surface area contributed by atoms with Crippen molar-refractivity contribution in [1.29, 1.82) is 0 Å². The van der Waals surface area contributed by atoms with Crippen molar-refractivity contribution in [2.24, 2.45) is 0 Å². The largest absolute Gasteiger partial charge is 0.469 e. The molecule has 0 radical (unpaired) electrons. The van der Waals surface area contributed by atoms with Gasteiger partial charge in [0.15, 0.2) is 0 Å². The second-order valence-corrected chi connectivity index (χ2v) is 3.68. The molecule has 0 aromatic heterocycles. The summed E-state index contributed by atoms with van der Waals surface area (Å²) in [7, 11) is 1.42. The fourth-order valence-electron chi connectivity index (χ4n) is 1.92. The van der Waals surface area contributed by atoms with Gasteiger partial charge in [-0.05, 0) is 29.5 Å². The molecule has 1 aromatic rings. The Morgan fingerprint density at radius 1 is 1.47 bits per heavy atom. The lowest BCUT2D eigenvalue weighted by atomic mass is 9.92. The second-order valence-electron chi connectivity index (χ2n) is 3.68. The molecule has 1 aromatic carbocycles. The second kappa shape index (κ2) is 4.30. The maximum atomic E-state index is 11.2. The third kappa shape index (κ3) is 2.09. The number of allylic oxidation sites excluding steroid dienone is 1. The molecule has 15 heavy (non-hydrogen) atoms. The molecule has 2 rings (SSSR count). The smallest absolute Gasteiger partial charge is 0.309 e. The molecule has 78 valence electrons. The minimum absolute atomic E-state index is 0.178. The van der Waals surface area contributed by atoms with Crippen LogP contribution in [-0.2, 0) is 22.4 Å². The van der Waals surface area contributed by atoms with E-state index in [-0.39, 0.29) is 5.97 Å². The lowest BCUT2D eigenvalue weighted by Crippen LogP contribution is -2.07. The van der Waals surface area contributed by atoms with Crippen LogP contribution in [0.1, 0.15) is 23.1 Å². The number of hydrogen-bond acceptors (Lipinski definition) is 2. The molecule has 0 aliphatic heterocycles. The molecule has 0 saturated heterocycles. The van der Waals surface area contributed by atoms with E-state index in [1.165, 1.54) is 18.2 Å². The summed E-state index contributed by atoms with van der Waals surface area (Å²) < 4.78 is 4.68. The molecule has 1 aliphatic carbocycles. The zero-order valence-corrected chi connectivity index (χ0v) is 8.82. The van der Waals surface area contributed by atoms with Crippen LogP contribution in [0, 0.1) is 0 Å². The van der Waals surface area contributed by atoms with Crippen LogP contribution in [0.2, 0.25) is 0 Å². The number of benzene rings is 1. The first-order chi connectivity index (χ1) is 7.31. The predicted molar refractivity (Wildman–Crippen MR) is 59.5 cm³/mol. The summed E-state index contributed by atoms with van der Waals surface area (Å²) >= 11 is 0. The molecular formula is C13H14O2. The van der Waals surface area contributed by atoms with E-state index in [1.807, 2.05) is 12.1 Å². The van der Waals surface area contributed by atoms with E-state index in [1.54, 1.807) is 0 Å². The van der Waals surface area contributed by atoms with Crippen molar-refractivity contribution in [1.82, 2.24) is 0 Å². The summed E-state index contributed by atoms with van der Waals surface area (Å²) in [6.45, 7) is 0. The summed E-state index contributed by atoms with van der Waals surface area (Å²) in [5.41, 5.74) is 3.60. The number of rotatable bonds is 2. The van der Waals surface area contributed by atoms with Crippen LogP contribution < -0.4 is 0 Å². The van der Waals surface area contributed by atoms with Gasteiger partial charge in [-0.25, -0.2) is 0 Å². The summed E-state index contributed by atoms with van der Waals surface area (Å²) in [6, 6.07) is 6.13. The van der Waals surface area contributed by atoms with Gasteiger partial charge in [0.25, 0.3) is 0 Å². The molecule has 0 atom stereocenters. The predicted octanol–water partition coefficient (Wildman–Crippen LogP) is 2.36. The molecule has 0 fully saturated rings. The van der Waals surface area contributed by atoms with Gasteiger partial charge >= 0.3 is 5.97 Å². The van der Waals surface area contributed by atoms with Crippen molar-refractivity contribution in [3.63, 3.8) is 0 Å². The third-order valence-corrected chi connectivity index (χ3v) is 2.71. The van der Waals surface area contributed by atoms with E-state index >= 15 is 0 Å². The molecule has 1 aliphatic rings. The number of fused-ring (bicyclic) bond motifs is 1. The first-order valence-corrected chi connectivity index (χ1v) is 5.15. The maximum Gasteiger partial charge on any atom is 0.309 e. The molecule has 0 bridgehead atoms. The van der Waals surface area contributed by atoms with Crippen LogP contribution in [-0.4, -0.2) is 13.1 Å². The van der Waals surface area contributed by atoms with E-state index in [2.05, 4.69) is 23.0 Å². The highest BCUT2D eigenvalue weighted by Crippen LogP contribution is 2.23. The highest BCUT2D eigenvalue weighted by molar-refractivity contribution is 5.75. The fraction of sp³-hybridized carbons (Fsp3) is 0.308. The Hall–Kier alpha value is -1.57. The Bertz CT molecular complexity index is 405. The van der Waals surface area contributed by atoms with Crippen molar-refractivity contribution in [2.75, 3.05) is 7.11 Å². The van der Waals surface area contributed by atoms with E-state index in [9.17, 15) is 4.79 Å². The average molecular weight is 202 g/mol. The van der Waals surface area contributed by atoms with Crippen LogP contribution in [0.15, 0.2) is 24.3 Å². The number of carbonyl (C=O) groups excluding carboxylic acids is 1. The van der Waals surface area contributed by atoms with Gasteiger partial charge in [0.1, 0.15) is 0 Å². The van der Waals surface area contributed by atoms with Crippen molar-refractivity contribution in [2.45, 2.75) is 19.3 Å². The molecule has 2 heteroatoms. The lowest BCUT2D eigenvalue weighted by Gasteiger charge is -2.14. The minimum atomic E-state index is -0.178. The van der Waals surface area contributed by atoms with Crippen molar-refractivity contribution < 1.29 is 9.53 Å². The fourth-order valence-corrected chi connectivity index (χ4v) is 1.92. The number of aryl methyl sites for hydroxylation is 1. The SMILES string of the molecule is COC(=O)Cc1cccc2c1C=CCC2. The molecule has 0 amide bonds. The summed E-state index contributed by atoms with van der Waals surface area (Å²) in [4.78, 5) is 11.2. The van der Waals surface area contributed by atoms with Crippen molar-refractivity contribution in [3.8, 4) is 0 Å². The number of methoxy groups -OCH3 is 1. The zero-order chi connectivity index (χ0) is 10.7. The summed E-state index contributed by atoms with van der Waals surface area (Å²) in [6.07, 6.45) is 6.79. The molecule has 0 saturated carbocycles. The number of hydrogen-bond donors (Lipinski definition) is 0. The standard InChI is InChI=1S/C13H14O2/c1-15-13(14)9-11-7-4-6-10-5-2-3-8-12(10)11/h3-4,6-8H,2,5,9H2,1H3. The highest BCUT2D eigenvalue weighted by Gasteiger charge is 2.11. The van der Waals surface area contributed by atoms with Gasteiger partial charge in [0, 0.05) is 0 Å². The maximum absolute atomic E-state index is 11.2. The van der Waals surface area contributed by atoms with E-state index in [0.717, 1.165) is 18.4 Å². The van der Waals surface area contributed by atoms with Gasteiger partial charge < -0.3 is 4.74 Å². The first-order valence-electron chi connectivity index (χ1n) is 5.15. The van der Waals surface area contributed by atoms with E-state index in [4.69, 9.17) is 0 Å². The Kier molecular flexibility index (Phi) is 2.86. The topological polar surface area (TPSA) is 26.3 Å². The van der Waals surface area contributed by atoms with Gasteiger partial charge in [-0.1, -0.05) is 30.4 Å². The monoisotopic (exact) mass is 202 g/mol. The summed E-state index contributed by atoms with van der Waals surface area (Å²) in [5, 5.41) is 0. The van der Waals surface area contributed by atoms with Crippen LogP contribution in [0.4, 0.5) is 0 Å². The molecule has 0 spiro atoms. The Morgan fingerprint density at radius 3 is 3.13 bits per heavy atom. The Balaban J connectivity index is 2.32. The minimum Gasteiger partial charge on any atom is -0.469 e. The van der Waals surface area contributed by atoms with Crippen molar-refractivity contribution in [3.05, 3.63) is 41.0 Å². The molecule has 0 N–H and O–H groups in total. The molecule has 0 heterocycles. The highest BCUT2D eigenvalue weighted by atomic mass is 16.5. The zero-order valence-electron chi connectivity index (χ0n) is 8.82. The van der Waals surface area contributed by atoms with Crippen LogP contribution >= 0.6 is 0 Å². The number of ether oxygens (including phenoxy) is 1. The summed E-state index contributed by atoms with van der Waals surface area (Å²) in [5.74, 6) is -0.178.